The van der Waals surface area contributed by atoms with E-state index in [2.05, 4.69) is 18.7 Å². The summed E-state index contributed by atoms with van der Waals surface area (Å²) in [6.45, 7) is 6.31. The van der Waals surface area contributed by atoms with Crippen molar-refractivity contribution in [3.05, 3.63) is 59.9 Å². The third kappa shape index (κ3) is 4.13. The molecule has 130 valence electrons. The van der Waals surface area contributed by atoms with Crippen molar-refractivity contribution in [2.45, 2.75) is 25.3 Å². The molecule has 6 heteroatoms. The zero-order valence-electron chi connectivity index (χ0n) is 14.2. The lowest BCUT2D eigenvalue weighted by atomic mass is 10.2. The SMILES string of the molecule is CCN(CC)c1ccc(CN(C)S(=O)(=O)c2ccc(F)cc2)cc1. The Morgan fingerprint density at radius 1 is 0.917 bits per heavy atom. The van der Waals surface area contributed by atoms with Gasteiger partial charge in [0, 0.05) is 32.4 Å². The van der Waals surface area contributed by atoms with Crippen LogP contribution in [0.3, 0.4) is 0 Å². The highest BCUT2D eigenvalue weighted by atomic mass is 32.2. The zero-order chi connectivity index (χ0) is 17.7. The van der Waals surface area contributed by atoms with E-state index >= 15 is 0 Å². The van der Waals surface area contributed by atoms with Crippen LogP contribution in [0.2, 0.25) is 0 Å². The zero-order valence-corrected chi connectivity index (χ0v) is 15.1. The molecular weight excluding hydrogens is 327 g/mol. The van der Waals surface area contributed by atoms with Crippen LogP contribution in [-0.2, 0) is 16.6 Å². The van der Waals surface area contributed by atoms with Crippen LogP contribution in [0, 0.1) is 5.82 Å². The molecule has 2 aromatic carbocycles. The van der Waals surface area contributed by atoms with E-state index in [0.717, 1.165) is 36.5 Å². The van der Waals surface area contributed by atoms with Gasteiger partial charge in [0.05, 0.1) is 4.90 Å². The molecular formula is C18H23FN2O2S. The third-order valence-corrected chi connectivity index (χ3v) is 5.81. The van der Waals surface area contributed by atoms with E-state index in [1.807, 2.05) is 24.3 Å². The van der Waals surface area contributed by atoms with Crippen LogP contribution in [0.25, 0.3) is 0 Å². The third-order valence-electron chi connectivity index (χ3n) is 3.99. The molecule has 2 rings (SSSR count). The molecule has 0 radical (unpaired) electrons. The monoisotopic (exact) mass is 350 g/mol. The Labute approximate surface area is 143 Å². The maximum Gasteiger partial charge on any atom is 0.243 e. The highest BCUT2D eigenvalue weighted by Crippen LogP contribution is 2.19. The molecule has 0 aliphatic heterocycles. The van der Waals surface area contributed by atoms with Crippen LogP contribution in [0.1, 0.15) is 19.4 Å². The molecule has 0 heterocycles. The first-order valence-electron chi connectivity index (χ1n) is 7.94. The number of nitrogens with zero attached hydrogens (tertiary/aromatic N) is 2. The fraction of sp³-hybridized carbons (Fsp3) is 0.333. The fourth-order valence-corrected chi connectivity index (χ4v) is 3.69. The van der Waals surface area contributed by atoms with Crippen LogP contribution >= 0.6 is 0 Å². The molecule has 0 aliphatic rings. The molecule has 0 aromatic heterocycles. The molecule has 0 bridgehead atoms. The molecule has 0 spiro atoms. The minimum Gasteiger partial charge on any atom is -0.372 e. The summed E-state index contributed by atoms with van der Waals surface area (Å²) in [5.74, 6) is -0.455. The molecule has 0 fully saturated rings. The van der Waals surface area contributed by atoms with Crippen molar-refractivity contribution >= 4 is 15.7 Å². The molecule has 2 aromatic rings. The van der Waals surface area contributed by atoms with Crippen LogP contribution in [0.4, 0.5) is 10.1 Å². The van der Waals surface area contributed by atoms with Crippen LogP contribution in [0.15, 0.2) is 53.4 Å². The number of hydrogen-bond donors (Lipinski definition) is 0. The first-order chi connectivity index (χ1) is 11.4. The number of benzene rings is 2. The summed E-state index contributed by atoms with van der Waals surface area (Å²) >= 11 is 0. The Morgan fingerprint density at radius 3 is 1.96 bits per heavy atom. The van der Waals surface area contributed by atoms with Crippen molar-refractivity contribution in [1.82, 2.24) is 4.31 Å². The van der Waals surface area contributed by atoms with Gasteiger partial charge >= 0.3 is 0 Å². The molecule has 0 N–H and O–H groups in total. The van der Waals surface area contributed by atoms with E-state index < -0.39 is 15.8 Å². The van der Waals surface area contributed by atoms with Gasteiger partial charge in [0.1, 0.15) is 5.82 Å². The van der Waals surface area contributed by atoms with Gasteiger partial charge in [-0.2, -0.15) is 4.31 Å². The Bertz CT molecular complexity index is 755. The van der Waals surface area contributed by atoms with Gasteiger partial charge in [-0.05, 0) is 55.8 Å². The van der Waals surface area contributed by atoms with Crippen molar-refractivity contribution in [1.29, 1.82) is 0 Å². The quantitative estimate of drug-likeness (QED) is 0.767. The second-order valence-corrected chi connectivity index (χ2v) is 7.60. The van der Waals surface area contributed by atoms with E-state index in [-0.39, 0.29) is 11.4 Å². The maximum atomic E-state index is 13.0. The lowest BCUT2D eigenvalue weighted by molar-refractivity contribution is 0.466. The van der Waals surface area contributed by atoms with Crippen molar-refractivity contribution in [3.8, 4) is 0 Å². The second kappa shape index (κ2) is 7.77. The molecule has 0 saturated carbocycles. The normalized spacial score (nSPS) is 11.7. The summed E-state index contributed by atoms with van der Waals surface area (Å²) in [4.78, 5) is 2.31. The number of anilines is 1. The smallest absolute Gasteiger partial charge is 0.243 e. The van der Waals surface area contributed by atoms with Crippen molar-refractivity contribution < 1.29 is 12.8 Å². The van der Waals surface area contributed by atoms with E-state index in [4.69, 9.17) is 0 Å². The van der Waals surface area contributed by atoms with Gasteiger partial charge in [0.15, 0.2) is 0 Å². The highest BCUT2D eigenvalue weighted by Gasteiger charge is 2.20. The predicted octanol–water partition coefficient (Wildman–Crippen LogP) is 3.49. The Hall–Kier alpha value is -1.92. The minimum absolute atomic E-state index is 0.0890. The van der Waals surface area contributed by atoms with Crippen molar-refractivity contribution in [3.63, 3.8) is 0 Å². The van der Waals surface area contributed by atoms with Crippen molar-refractivity contribution in [2.24, 2.45) is 0 Å². The predicted molar refractivity (Wildman–Crippen MR) is 95.1 cm³/mol. The van der Waals surface area contributed by atoms with Crippen molar-refractivity contribution in [2.75, 3.05) is 25.0 Å². The number of halogens is 1. The lowest BCUT2D eigenvalue weighted by Crippen LogP contribution is -2.26. The first kappa shape index (κ1) is 18.4. The Balaban J connectivity index is 2.14. The summed E-state index contributed by atoms with van der Waals surface area (Å²) in [5.41, 5.74) is 2.02. The van der Waals surface area contributed by atoms with Gasteiger partial charge in [0.25, 0.3) is 0 Å². The van der Waals surface area contributed by atoms with Gasteiger partial charge < -0.3 is 4.90 Å². The van der Waals surface area contributed by atoms with Gasteiger partial charge in [-0.25, -0.2) is 12.8 Å². The summed E-state index contributed by atoms with van der Waals surface area (Å²) in [6.07, 6.45) is 0. The fourth-order valence-electron chi connectivity index (χ4n) is 2.53. The largest absolute Gasteiger partial charge is 0.372 e. The van der Waals surface area contributed by atoms with Gasteiger partial charge in [0.2, 0.25) is 10.0 Å². The van der Waals surface area contributed by atoms with Gasteiger partial charge in [-0.3, -0.25) is 0 Å². The summed E-state index contributed by atoms with van der Waals surface area (Å²) in [5, 5.41) is 0. The lowest BCUT2D eigenvalue weighted by Gasteiger charge is -2.22. The topological polar surface area (TPSA) is 40.6 Å². The molecule has 0 amide bonds. The number of hydrogen-bond acceptors (Lipinski definition) is 3. The standard InChI is InChI=1S/C18H23FN2O2S/c1-4-21(5-2)17-10-6-15(7-11-17)14-20(3)24(22,23)18-12-8-16(19)9-13-18/h6-13H,4-5,14H2,1-3H3. The van der Waals surface area contributed by atoms with Gasteiger partial charge in [-0.15, -0.1) is 0 Å². The molecule has 0 aliphatic carbocycles. The number of sulfonamides is 1. The van der Waals surface area contributed by atoms with E-state index in [1.165, 1.54) is 23.5 Å². The molecule has 0 atom stereocenters. The minimum atomic E-state index is -3.63. The molecule has 4 nitrogen and oxygen atoms in total. The van der Waals surface area contributed by atoms with Crippen LogP contribution < -0.4 is 4.90 Å². The van der Waals surface area contributed by atoms with Crippen LogP contribution in [-0.4, -0.2) is 32.9 Å². The van der Waals surface area contributed by atoms with E-state index in [0.29, 0.717) is 0 Å². The average Bonchev–Trinajstić information content (AvgIpc) is 2.58. The van der Waals surface area contributed by atoms with Crippen LogP contribution in [0.5, 0.6) is 0 Å². The second-order valence-electron chi connectivity index (χ2n) is 5.55. The first-order valence-corrected chi connectivity index (χ1v) is 9.38. The Kier molecular flexibility index (Phi) is 5.96. The summed E-state index contributed by atoms with van der Waals surface area (Å²) < 4.78 is 39.3. The van der Waals surface area contributed by atoms with E-state index in [9.17, 15) is 12.8 Å². The highest BCUT2D eigenvalue weighted by molar-refractivity contribution is 7.89. The van der Waals surface area contributed by atoms with E-state index in [1.54, 1.807) is 0 Å². The Morgan fingerprint density at radius 2 is 1.46 bits per heavy atom. The summed E-state index contributed by atoms with van der Waals surface area (Å²) in [7, 11) is -2.11. The van der Waals surface area contributed by atoms with Gasteiger partial charge in [-0.1, -0.05) is 12.1 Å². The molecule has 24 heavy (non-hydrogen) atoms. The molecule has 0 saturated heterocycles. The average molecular weight is 350 g/mol. The molecule has 0 unspecified atom stereocenters. The maximum absolute atomic E-state index is 13.0. The number of rotatable bonds is 7. The summed E-state index contributed by atoms with van der Waals surface area (Å²) in [6, 6.07) is 12.7.